The first-order valence-electron chi connectivity index (χ1n) is 27.0. The molecule has 10 aromatic rings. The number of methoxy groups -OCH3 is 1. The molecule has 8 aromatic carbocycles. The third kappa shape index (κ3) is 11.0. The first kappa shape index (κ1) is 55.5. The number of thioether (sulfide) groups is 2. The number of fused-ring (bicyclic) bond motifs is 2. The molecule has 2 aliphatic rings. The molecule has 0 radical (unpaired) electrons. The van der Waals surface area contributed by atoms with Crippen molar-refractivity contribution in [2.75, 3.05) is 23.9 Å². The zero-order valence-corrected chi connectivity index (χ0v) is 48.5. The van der Waals surface area contributed by atoms with Crippen molar-refractivity contribution < 1.29 is 28.7 Å². The second kappa shape index (κ2) is 24.8. The van der Waals surface area contributed by atoms with Crippen molar-refractivity contribution in [2.24, 2.45) is 5.16 Å². The third-order valence-electron chi connectivity index (χ3n) is 14.7. The number of β-lactam (4-membered cyclic amide) rings is 1. The van der Waals surface area contributed by atoms with Crippen LogP contribution in [0.1, 0.15) is 44.6 Å². The van der Waals surface area contributed by atoms with E-state index in [4.69, 9.17) is 24.5 Å². The molecule has 0 aliphatic carbocycles. The number of hydrogen-bond acceptors (Lipinski definition) is 14. The number of carbonyl (C=O) groups excluding carboxylic acids is 3. The van der Waals surface area contributed by atoms with Crippen LogP contribution in [-0.2, 0) is 41.7 Å². The third-order valence-corrected chi connectivity index (χ3v) is 19.2. The lowest BCUT2D eigenvalue weighted by Crippen LogP contribution is -2.71. The molecule has 0 spiro atoms. The first-order valence-corrected chi connectivity index (χ1v) is 30.7. The highest BCUT2D eigenvalue weighted by molar-refractivity contribution is 8.02. The van der Waals surface area contributed by atoms with Crippen LogP contribution >= 0.6 is 46.2 Å². The zero-order chi connectivity index (χ0) is 57.5. The molecule has 84 heavy (non-hydrogen) atoms. The fourth-order valence-electron chi connectivity index (χ4n) is 10.6. The summed E-state index contributed by atoms with van der Waals surface area (Å²) in [4.78, 5) is 71.7. The highest BCUT2D eigenvalue weighted by Gasteiger charge is 2.55. The van der Waals surface area contributed by atoms with Crippen LogP contribution in [-0.4, -0.2) is 63.4 Å². The maximum absolute atomic E-state index is 15.5. The molecule has 0 saturated carbocycles. The van der Waals surface area contributed by atoms with Crippen LogP contribution in [0.4, 0.5) is 5.13 Å². The number of thiazole rings is 1. The number of nitrogens with zero attached hydrogens (tertiary/aromatic N) is 3. The van der Waals surface area contributed by atoms with Gasteiger partial charge < -0.3 is 24.9 Å². The van der Waals surface area contributed by atoms with Gasteiger partial charge in [0.15, 0.2) is 16.3 Å². The number of rotatable bonds is 20. The summed E-state index contributed by atoms with van der Waals surface area (Å²) in [6.07, 6.45) is 0. The number of ether oxygens (including phenoxy) is 2. The molecule has 0 bridgehead atoms. The topological polar surface area (TPSA) is 149 Å². The van der Waals surface area contributed by atoms with Gasteiger partial charge in [0.05, 0.1) is 11.3 Å². The Morgan fingerprint density at radius 1 is 0.679 bits per heavy atom. The van der Waals surface area contributed by atoms with E-state index in [1.54, 1.807) is 48.9 Å². The average molecular weight is 1180 g/mol. The fraction of sp³-hybridized carbons (Fsp3) is 0.118. The minimum Gasteiger partial charge on any atom is -0.497 e. The fourth-order valence-corrected chi connectivity index (χ4v) is 15.1. The summed E-state index contributed by atoms with van der Waals surface area (Å²) >= 11 is 5.62. The van der Waals surface area contributed by atoms with Gasteiger partial charge in [0.2, 0.25) is 5.60 Å². The van der Waals surface area contributed by atoms with Crippen molar-refractivity contribution in [3.05, 3.63) is 308 Å². The lowest BCUT2D eigenvalue weighted by Gasteiger charge is -2.49. The SMILES string of the molecule is COc1ccc(COC(=O)C2=C(CSc3cc(=O)c4ccccc4s3)CS[C@H]3C(NC(=O)/C(=N\OC(c4ccccc4)(c4ccccc4)c4ccccc4)c4csc(NC(c5ccccc5)(c5ccccc5)c5ccccc5)n4)C(=O)N23)cc1. The average Bonchev–Trinajstić information content (AvgIpc) is 3.45. The van der Waals surface area contributed by atoms with Crippen LogP contribution in [0.25, 0.3) is 10.1 Å². The Kier molecular flexibility index (Phi) is 16.4. The van der Waals surface area contributed by atoms with Crippen molar-refractivity contribution in [3.63, 3.8) is 0 Å². The standard InChI is InChI=1S/C68H53N5O7S4/c1-78-53-38-36-45(37-39-53)41-79-65(77)61-46(42-81-58-40-56(74)54-34-20-21-35-57(54)84-58)43-82-64-60(63(76)73(61)64)70-62(75)59(72-80-68(50-28-14-5-15-29-50,51-30-16-6-17-31-51)52-32-18-7-19-33-52)55-44-83-66(69-55)71-67(47-22-8-2-9-23-47,48-24-10-3-11-25-48)49-26-12-4-13-27-49/h2-40,44,60,64H,41-43H2,1H3,(H,69,71)(H,70,75)/b72-59-/t60?,64-/m0/s1. The molecule has 2 aliphatic heterocycles. The van der Waals surface area contributed by atoms with Gasteiger partial charge in [-0.2, -0.15) is 0 Å². The van der Waals surface area contributed by atoms with Crippen LogP contribution in [0, 0.1) is 0 Å². The normalized spacial score (nSPS) is 15.2. The molecule has 12 rings (SSSR count). The minimum atomic E-state index is -1.39. The number of carbonyl (C=O) groups is 3. The van der Waals surface area contributed by atoms with Crippen LogP contribution in [0.3, 0.4) is 0 Å². The first-order chi connectivity index (χ1) is 41.2. The molecule has 2 aromatic heterocycles. The van der Waals surface area contributed by atoms with Gasteiger partial charge in [-0.1, -0.05) is 211 Å². The molecular weight excluding hydrogens is 1130 g/mol. The molecular formula is C68H53N5O7S4. The summed E-state index contributed by atoms with van der Waals surface area (Å²) in [7, 11) is 1.58. The van der Waals surface area contributed by atoms with Gasteiger partial charge in [0, 0.05) is 49.7 Å². The Bertz CT molecular complexity index is 3900. The molecule has 4 heterocycles. The molecule has 16 heteroatoms. The number of nitrogens with one attached hydrogen (secondary N) is 2. The van der Waals surface area contributed by atoms with Crippen molar-refractivity contribution in [2.45, 2.75) is 33.4 Å². The maximum Gasteiger partial charge on any atom is 0.355 e. The second-order valence-corrected chi connectivity index (χ2v) is 24.1. The van der Waals surface area contributed by atoms with E-state index in [2.05, 4.69) is 47.0 Å². The second-order valence-electron chi connectivity index (χ2n) is 19.8. The summed E-state index contributed by atoms with van der Waals surface area (Å²) in [5, 5.41) is 13.9. The Labute approximate surface area is 501 Å². The number of aromatic nitrogens is 1. The van der Waals surface area contributed by atoms with Crippen LogP contribution < -0.4 is 20.8 Å². The quantitative estimate of drug-likeness (QED) is 0.0188. The Morgan fingerprint density at radius 2 is 1.20 bits per heavy atom. The smallest absolute Gasteiger partial charge is 0.355 e. The van der Waals surface area contributed by atoms with Crippen molar-refractivity contribution >= 4 is 84.9 Å². The molecule has 1 unspecified atom stereocenters. The lowest BCUT2D eigenvalue weighted by atomic mass is 9.77. The molecule has 416 valence electrons. The van der Waals surface area contributed by atoms with Crippen molar-refractivity contribution in [1.29, 1.82) is 0 Å². The van der Waals surface area contributed by atoms with Crippen LogP contribution in [0.5, 0.6) is 5.75 Å². The van der Waals surface area contributed by atoms with Crippen molar-refractivity contribution in [1.82, 2.24) is 15.2 Å². The van der Waals surface area contributed by atoms with Crippen LogP contribution in [0.15, 0.2) is 267 Å². The van der Waals surface area contributed by atoms with E-state index in [-0.39, 0.29) is 29.1 Å². The number of benzene rings is 8. The van der Waals surface area contributed by atoms with Gasteiger partial charge in [-0.25, -0.2) is 9.78 Å². The number of anilines is 1. The highest BCUT2D eigenvalue weighted by Crippen LogP contribution is 2.45. The molecule has 1 fully saturated rings. The largest absolute Gasteiger partial charge is 0.497 e. The van der Waals surface area contributed by atoms with Gasteiger partial charge >= 0.3 is 5.97 Å². The highest BCUT2D eigenvalue weighted by atomic mass is 32.2. The predicted octanol–water partition coefficient (Wildman–Crippen LogP) is 13.0. The summed E-state index contributed by atoms with van der Waals surface area (Å²) in [5.74, 6) is -0.654. The number of hydrogen-bond donors (Lipinski definition) is 2. The Balaban J connectivity index is 0.917. The summed E-state index contributed by atoms with van der Waals surface area (Å²) in [5.41, 5.74) is 4.14. The summed E-state index contributed by atoms with van der Waals surface area (Å²) < 4.78 is 12.9. The Hall–Kier alpha value is -9.06. The predicted molar refractivity (Wildman–Crippen MR) is 335 cm³/mol. The summed E-state index contributed by atoms with van der Waals surface area (Å²) in [6.45, 7) is -0.0665. The van der Waals surface area contributed by atoms with E-state index in [1.807, 2.05) is 164 Å². The van der Waals surface area contributed by atoms with Crippen molar-refractivity contribution in [3.8, 4) is 5.75 Å². The minimum absolute atomic E-state index is 0.0665. The van der Waals surface area contributed by atoms with E-state index in [0.717, 1.165) is 47.9 Å². The lowest BCUT2D eigenvalue weighted by molar-refractivity contribution is -0.153. The van der Waals surface area contributed by atoms with E-state index >= 15 is 4.79 Å². The van der Waals surface area contributed by atoms with E-state index < -0.39 is 40.3 Å². The van der Waals surface area contributed by atoms with E-state index in [9.17, 15) is 14.4 Å². The molecule has 12 nitrogen and oxygen atoms in total. The van der Waals surface area contributed by atoms with E-state index in [1.165, 1.54) is 51.1 Å². The number of oxime groups is 1. The maximum atomic E-state index is 15.5. The molecule has 1 saturated heterocycles. The van der Waals surface area contributed by atoms with Gasteiger partial charge in [-0.05, 0) is 52.1 Å². The molecule has 2 N–H and O–H groups in total. The summed E-state index contributed by atoms with van der Waals surface area (Å²) in [6, 6.07) is 74.7. The van der Waals surface area contributed by atoms with E-state index in [0.29, 0.717) is 33.3 Å². The monoisotopic (exact) mass is 1180 g/mol. The molecule has 2 atom stereocenters. The van der Waals surface area contributed by atoms with Gasteiger partial charge in [-0.15, -0.1) is 46.2 Å². The molecule has 2 amide bonds. The zero-order valence-electron chi connectivity index (χ0n) is 45.2. The van der Waals surface area contributed by atoms with Gasteiger partial charge in [0.25, 0.3) is 11.8 Å². The van der Waals surface area contributed by atoms with Gasteiger partial charge in [-0.3, -0.25) is 19.3 Å². The number of esters is 1. The van der Waals surface area contributed by atoms with Crippen LogP contribution in [0.2, 0.25) is 0 Å². The van der Waals surface area contributed by atoms with Gasteiger partial charge in [0.1, 0.15) is 40.7 Å². The number of amides is 2. The Morgan fingerprint density at radius 3 is 1.75 bits per heavy atom.